The summed E-state index contributed by atoms with van der Waals surface area (Å²) in [7, 11) is 0. The number of nitrogens with one attached hydrogen (secondary N) is 3. The topological polar surface area (TPSA) is 166 Å². The van der Waals surface area contributed by atoms with Crippen molar-refractivity contribution in [3.05, 3.63) is 70.6 Å². The molecule has 1 saturated heterocycles. The van der Waals surface area contributed by atoms with Crippen molar-refractivity contribution >= 4 is 35.0 Å². The Kier molecular flexibility index (Phi) is 16.4. The van der Waals surface area contributed by atoms with Crippen LogP contribution in [0.2, 0.25) is 0 Å². The molecule has 4 atom stereocenters. The molecule has 2 fully saturated rings. The highest BCUT2D eigenvalue weighted by Gasteiger charge is 2.53. The Morgan fingerprint density at radius 2 is 1.67 bits per heavy atom. The average molecular weight is 914 g/mol. The monoisotopic (exact) mass is 913 g/mol. The number of β-amino-alcohol motifs (C(OH)–C–C–N with tert-alkyl or cyclic N) is 1. The molecule has 64 heavy (non-hydrogen) atoms. The standard InChI is InChI=1S/C47H66F3N7O6S/c1-29(32-13-15-33(16-14-32)38-30(2)52-28-64-38)53-41(61)36-23-34(58)25-57(36)42(62)39(44(3,4)5)54-37(59)26-63-22-21-56(20-18-47(48,49)50)19-10-11-31-12-17-35(51-24-31)40(60)55-43-45(6,7)27-46(43,8)9/h12-17,24,28-29,34,36,39,43,58H,10-11,18-23,25-27H2,1-9H3,(H,53,61)(H,54,59)(H,55,60)/t29-,34+,36-,39+/m0/s1. The first kappa shape index (κ1) is 50.5. The SMILES string of the molecule is Cc1ncsc1-c1ccc([C@H](C)NC(=O)[C@@H]2C[C@@H](O)CN2C(=O)[C@@H](NC(=O)COCCN(CCCc2ccc(C(=O)NC3C(C)(C)CC3(C)C)nc2)CCC(F)(F)F)C(C)(C)C)cc1. The van der Waals surface area contributed by atoms with E-state index in [1.807, 2.05) is 44.2 Å². The number of carbonyl (C=O) groups is 4. The van der Waals surface area contributed by atoms with Crippen molar-refractivity contribution in [2.45, 2.75) is 131 Å². The molecule has 352 valence electrons. The zero-order valence-electron chi connectivity index (χ0n) is 38.6. The summed E-state index contributed by atoms with van der Waals surface area (Å²) in [6, 6.07) is 8.86. The van der Waals surface area contributed by atoms with E-state index in [-0.39, 0.29) is 55.4 Å². The van der Waals surface area contributed by atoms with E-state index < -0.39 is 66.6 Å². The molecule has 0 bridgehead atoms. The minimum atomic E-state index is -4.35. The Hall–Kier alpha value is -4.45. The van der Waals surface area contributed by atoms with Crippen molar-refractivity contribution in [3.63, 3.8) is 0 Å². The lowest BCUT2D eigenvalue weighted by molar-refractivity contribution is -0.144. The number of pyridine rings is 1. The third kappa shape index (κ3) is 13.5. The molecular formula is C47H66F3N7O6S. The molecule has 3 heterocycles. The van der Waals surface area contributed by atoms with Crippen LogP contribution in [0.15, 0.2) is 48.1 Å². The Bertz CT molecular complexity index is 2060. The first-order valence-corrected chi connectivity index (χ1v) is 22.9. The number of aryl methyl sites for hydroxylation is 2. The van der Waals surface area contributed by atoms with E-state index in [9.17, 15) is 37.5 Å². The number of carbonyl (C=O) groups excluding carboxylic acids is 4. The largest absolute Gasteiger partial charge is 0.391 e. The van der Waals surface area contributed by atoms with Crippen molar-refractivity contribution in [2.24, 2.45) is 16.2 Å². The maximum absolute atomic E-state index is 14.1. The molecule has 0 unspecified atom stereocenters. The molecule has 1 aromatic carbocycles. The summed E-state index contributed by atoms with van der Waals surface area (Å²) in [4.78, 5) is 66.6. The van der Waals surface area contributed by atoms with Gasteiger partial charge >= 0.3 is 6.18 Å². The van der Waals surface area contributed by atoms with Crippen molar-refractivity contribution in [1.82, 2.24) is 35.7 Å². The van der Waals surface area contributed by atoms with E-state index in [1.165, 1.54) is 4.90 Å². The Labute approximate surface area is 379 Å². The molecule has 13 nitrogen and oxygen atoms in total. The van der Waals surface area contributed by atoms with Gasteiger partial charge < -0.3 is 35.6 Å². The van der Waals surface area contributed by atoms with Crippen molar-refractivity contribution in [2.75, 3.05) is 39.4 Å². The van der Waals surface area contributed by atoms with Crippen LogP contribution in [-0.4, -0.2) is 118 Å². The Morgan fingerprint density at radius 1 is 0.984 bits per heavy atom. The number of amides is 4. The van der Waals surface area contributed by atoms with E-state index >= 15 is 0 Å². The van der Waals surface area contributed by atoms with E-state index in [0.29, 0.717) is 25.1 Å². The van der Waals surface area contributed by atoms with Crippen molar-refractivity contribution in [3.8, 4) is 10.4 Å². The molecule has 1 aliphatic heterocycles. The summed E-state index contributed by atoms with van der Waals surface area (Å²) >= 11 is 1.55. The summed E-state index contributed by atoms with van der Waals surface area (Å²) in [6.07, 6.45) is -2.59. The highest BCUT2D eigenvalue weighted by atomic mass is 32.1. The lowest BCUT2D eigenvalue weighted by atomic mass is 9.52. The number of hydrogen-bond donors (Lipinski definition) is 4. The van der Waals surface area contributed by atoms with Gasteiger partial charge in [0.05, 0.1) is 41.3 Å². The number of alkyl halides is 3. The molecule has 17 heteroatoms. The fourth-order valence-corrected chi connectivity index (χ4v) is 10.1. The number of likely N-dealkylation sites (tertiary alicyclic amines) is 1. The molecule has 0 radical (unpaired) electrons. The first-order chi connectivity index (χ1) is 29.8. The molecule has 2 aromatic heterocycles. The summed E-state index contributed by atoms with van der Waals surface area (Å²) in [6.45, 7) is 17.3. The molecular weight excluding hydrogens is 848 g/mol. The zero-order valence-corrected chi connectivity index (χ0v) is 39.4. The highest BCUT2D eigenvalue weighted by Crippen LogP contribution is 2.53. The lowest BCUT2D eigenvalue weighted by Crippen LogP contribution is -2.63. The number of nitrogens with zero attached hydrogens (tertiary/aromatic N) is 4. The van der Waals surface area contributed by atoms with Gasteiger partial charge in [0, 0.05) is 38.3 Å². The average Bonchev–Trinajstić information content (AvgIpc) is 3.83. The molecule has 5 rings (SSSR count). The summed E-state index contributed by atoms with van der Waals surface area (Å²) in [5, 5.41) is 19.5. The number of aliphatic hydroxyl groups is 1. The van der Waals surface area contributed by atoms with Crippen LogP contribution in [0.4, 0.5) is 13.2 Å². The van der Waals surface area contributed by atoms with Gasteiger partial charge in [0.25, 0.3) is 5.91 Å². The second-order valence-electron chi connectivity index (χ2n) is 19.9. The fraction of sp³-hybridized carbons (Fsp3) is 0.617. The third-order valence-corrected chi connectivity index (χ3v) is 13.3. The molecule has 1 aliphatic carbocycles. The van der Waals surface area contributed by atoms with Gasteiger partial charge in [-0.1, -0.05) is 78.8 Å². The van der Waals surface area contributed by atoms with Gasteiger partial charge in [-0.2, -0.15) is 13.2 Å². The Balaban J connectivity index is 1.10. The van der Waals surface area contributed by atoms with Gasteiger partial charge in [-0.3, -0.25) is 24.2 Å². The number of aromatic nitrogens is 2. The predicted molar refractivity (Wildman–Crippen MR) is 240 cm³/mol. The maximum atomic E-state index is 14.1. The van der Waals surface area contributed by atoms with Gasteiger partial charge in [0.1, 0.15) is 24.4 Å². The van der Waals surface area contributed by atoms with Crippen molar-refractivity contribution < 1.29 is 42.2 Å². The van der Waals surface area contributed by atoms with Crippen LogP contribution in [0.3, 0.4) is 0 Å². The van der Waals surface area contributed by atoms with Crippen LogP contribution < -0.4 is 16.0 Å². The van der Waals surface area contributed by atoms with Gasteiger partial charge in [-0.15, -0.1) is 11.3 Å². The number of thiazole rings is 1. The number of aliphatic hydroxyl groups excluding tert-OH is 1. The second-order valence-corrected chi connectivity index (χ2v) is 20.7. The molecule has 0 spiro atoms. The third-order valence-electron chi connectivity index (χ3n) is 12.3. The van der Waals surface area contributed by atoms with E-state index in [4.69, 9.17) is 4.74 Å². The van der Waals surface area contributed by atoms with Gasteiger partial charge in [0.2, 0.25) is 17.7 Å². The van der Waals surface area contributed by atoms with Crippen molar-refractivity contribution in [1.29, 1.82) is 0 Å². The number of halogens is 3. The number of hydrogen-bond acceptors (Lipinski definition) is 10. The maximum Gasteiger partial charge on any atom is 0.390 e. The number of ether oxygens (including phenoxy) is 1. The van der Waals surface area contributed by atoms with Gasteiger partial charge in [-0.25, -0.2) is 4.98 Å². The van der Waals surface area contributed by atoms with E-state index in [1.54, 1.807) is 54.8 Å². The summed E-state index contributed by atoms with van der Waals surface area (Å²) < 4.78 is 45.4. The minimum absolute atomic E-state index is 0.00637. The van der Waals surface area contributed by atoms with Gasteiger partial charge in [0.15, 0.2) is 0 Å². The lowest BCUT2D eigenvalue weighted by Gasteiger charge is -2.57. The molecule has 4 N–H and O–H groups in total. The second kappa shape index (κ2) is 20.8. The van der Waals surface area contributed by atoms with Crippen LogP contribution in [0.25, 0.3) is 10.4 Å². The first-order valence-electron chi connectivity index (χ1n) is 22.1. The van der Waals surface area contributed by atoms with Crippen LogP contribution >= 0.6 is 11.3 Å². The molecule has 3 aromatic rings. The quantitative estimate of drug-likeness (QED) is 0.0965. The molecule has 1 saturated carbocycles. The summed E-state index contributed by atoms with van der Waals surface area (Å²) in [5.74, 6) is -1.80. The molecule has 2 aliphatic rings. The number of rotatable bonds is 19. The summed E-state index contributed by atoms with van der Waals surface area (Å²) in [5.41, 5.74) is 4.95. The Morgan fingerprint density at radius 3 is 2.25 bits per heavy atom. The van der Waals surface area contributed by atoms with Gasteiger partial charge in [-0.05, 0) is 78.7 Å². The van der Waals surface area contributed by atoms with Crippen LogP contribution in [-0.2, 0) is 25.5 Å². The fourth-order valence-electron chi connectivity index (χ4n) is 9.31. The van der Waals surface area contributed by atoms with Crippen LogP contribution in [0.5, 0.6) is 0 Å². The molecule has 4 amide bonds. The minimum Gasteiger partial charge on any atom is -0.391 e. The van der Waals surface area contributed by atoms with E-state index in [0.717, 1.165) is 33.7 Å². The number of benzene rings is 1. The smallest absolute Gasteiger partial charge is 0.390 e. The highest BCUT2D eigenvalue weighted by molar-refractivity contribution is 7.13. The predicted octanol–water partition coefficient (Wildman–Crippen LogP) is 6.64. The van der Waals surface area contributed by atoms with Crippen LogP contribution in [0.1, 0.15) is 114 Å². The zero-order chi connectivity index (χ0) is 47.2. The van der Waals surface area contributed by atoms with Crippen LogP contribution in [0, 0.1) is 23.2 Å². The normalized spacial score (nSPS) is 19.5. The van der Waals surface area contributed by atoms with E-state index in [2.05, 4.69) is 53.6 Å².